The summed E-state index contributed by atoms with van der Waals surface area (Å²) in [6.45, 7) is 15.5. The second kappa shape index (κ2) is 16.0. The van der Waals surface area contributed by atoms with Crippen molar-refractivity contribution in [3.63, 3.8) is 0 Å². The van der Waals surface area contributed by atoms with Gasteiger partial charge in [0.05, 0.1) is 6.10 Å². The first-order valence-corrected chi connectivity index (χ1v) is 17.4. The Hall–Kier alpha value is -2.45. The quantitative estimate of drug-likeness (QED) is 0.158. The lowest BCUT2D eigenvalue weighted by Gasteiger charge is -2.25. The summed E-state index contributed by atoms with van der Waals surface area (Å²) in [5, 5.41) is 0. The van der Waals surface area contributed by atoms with Crippen LogP contribution in [0.3, 0.4) is 0 Å². The van der Waals surface area contributed by atoms with Crippen molar-refractivity contribution in [1.29, 1.82) is 0 Å². The van der Waals surface area contributed by atoms with E-state index >= 15 is 0 Å². The van der Waals surface area contributed by atoms with Crippen molar-refractivity contribution >= 4 is 11.3 Å². The Morgan fingerprint density at radius 2 is 1.74 bits per heavy atom. The van der Waals surface area contributed by atoms with Gasteiger partial charge in [-0.3, -0.25) is 4.99 Å². The van der Waals surface area contributed by atoms with E-state index in [0.717, 1.165) is 44.9 Å². The number of hydrogen-bond donors (Lipinski definition) is 0. The lowest BCUT2D eigenvalue weighted by Crippen LogP contribution is -2.23. The molecule has 1 aromatic rings. The van der Waals surface area contributed by atoms with Crippen LogP contribution in [0.2, 0.25) is 0 Å². The molecule has 0 heterocycles. The zero-order valence-corrected chi connectivity index (χ0v) is 28.3. The molecule has 4 rings (SSSR count). The van der Waals surface area contributed by atoms with Gasteiger partial charge in [0.25, 0.3) is 0 Å². The van der Waals surface area contributed by atoms with Gasteiger partial charge in [0.15, 0.2) is 0 Å². The highest BCUT2D eigenvalue weighted by Crippen LogP contribution is 2.37. The molecule has 0 amide bonds. The highest BCUT2D eigenvalue weighted by Gasteiger charge is 2.28. The van der Waals surface area contributed by atoms with Crippen LogP contribution in [0.5, 0.6) is 0 Å². The van der Waals surface area contributed by atoms with Crippen molar-refractivity contribution in [3.05, 3.63) is 88.7 Å². The van der Waals surface area contributed by atoms with Gasteiger partial charge in [0.1, 0.15) is 0 Å². The molecule has 0 aromatic heterocycles. The van der Waals surface area contributed by atoms with E-state index in [1.165, 1.54) is 89.8 Å². The van der Waals surface area contributed by atoms with E-state index in [1.807, 2.05) is 7.11 Å². The van der Waals surface area contributed by atoms with Crippen LogP contribution < -0.4 is 0 Å². The van der Waals surface area contributed by atoms with Crippen LogP contribution in [0.25, 0.3) is 5.57 Å². The van der Waals surface area contributed by atoms with Crippen molar-refractivity contribution in [2.45, 2.75) is 131 Å². The molecular formula is C41H59NO. The predicted molar refractivity (Wildman–Crippen MR) is 188 cm³/mol. The summed E-state index contributed by atoms with van der Waals surface area (Å²) >= 11 is 0. The molecule has 234 valence electrons. The second-order valence-electron chi connectivity index (χ2n) is 13.8. The maximum absolute atomic E-state index is 6.07. The molecular weight excluding hydrogens is 522 g/mol. The van der Waals surface area contributed by atoms with Crippen LogP contribution in [-0.4, -0.2) is 18.9 Å². The number of rotatable bonds is 14. The molecule has 0 fully saturated rings. The molecule has 3 aliphatic carbocycles. The molecule has 0 radical (unpaired) electrons. The standard InChI is InChI=1S/C41H59NO/c1-8-25-41(6,10-3)26-13-14-32-17-19-34(20-18-32)37-15-11-12-16-39(37)42-38(9-2)35-21-22-36(40(43-7)24-23-35)29-33-27-30(4)31(5)28-33/h10,17-21,27-28,33,36,40H,3,8-9,11-16,22-26,29H2,1-2,4-7H3. The molecule has 1 aromatic carbocycles. The third-order valence-corrected chi connectivity index (χ3v) is 10.6. The number of aryl methyl sites for hydroxylation is 1. The van der Waals surface area contributed by atoms with E-state index in [1.54, 1.807) is 0 Å². The lowest BCUT2D eigenvalue weighted by molar-refractivity contribution is 0.0430. The Labute approximate surface area is 264 Å². The Kier molecular flexibility index (Phi) is 12.5. The number of aliphatic imine (C=N–C) groups is 1. The van der Waals surface area contributed by atoms with Crippen LogP contribution in [-0.2, 0) is 11.2 Å². The number of ether oxygens (including phenoxy) is 1. The first-order valence-electron chi connectivity index (χ1n) is 17.4. The van der Waals surface area contributed by atoms with Gasteiger partial charge in [-0.2, -0.15) is 0 Å². The van der Waals surface area contributed by atoms with E-state index in [0.29, 0.717) is 17.9 Å². The Morgan fingerprint density at radius 1 is 1.02 bits per heavy atom. The van der Waals surface area contributed by atoms with Gasteiger partial charge in [-0.05, 0) is 137 Å². The number of benzene rings is 1. The molecule has 0 saturated heterocycles. The van der Waals surface area contributed by atoms with E-state index in [-0.39, 0.29) is 5.41 Å². The maximum Gasteiger partial charge on any atom is 0.0606 e. The van der Waals surface area contributed by atoms with E-state index in [2.05, 4.69) is 89.8 Å². The van der Waals surface area contributed by atoms with Crippen molar-refractivity contribution in [2.24, 2.45) is 22.2 Å². The SMILES string of the molecule is C=CC(C)(CCC)CCCc1ccc(C2=C(N=C(CC)C3=CCC(CC4C=C(C)C(C)=C4)C(OC)CC3)CCCC2)cc1. The summed E-state index contributed by atoms with van der Waals surface area (Å²) in [5.41, 5.74) is 11.5. The molecule has 0 saturated carbocycles. The fourth-order valence-electron chi connectivity index (χ4n) is 7.67. The normalized spacial score (nSPS) is 23.4. The van der Waals surface area contributed by atoms with Gasteiger partial charge in [0.2, 0.25) is 0 Å². The highest BCUT2D eigenvalue weighted by molar-refractivity contribution is 6.01. The fraction of sp³-hybridized carbons (Fsp3) is 0.585. The molecule has 0 bridgehead atoms. The van der Waals surface area contributed by atoms with E-state index in [4.69, 9.17) is 9.73 Å². The summed E-state index contributed by atoms with van der Waals surface area (Å²) in [7, 11) is 1.91. The maximum atomic E-state index is 6.07. The van der Waals surface area contributed by atoms with Gasteiger partial charge < -0.3 is 4.74 Å². The smallest absolute Gasteiger partial charge is 0.0606 e. The predicted octanol–water partition coefficient (Wildman–Crippen LogP) is 11.8. The average Bonchev–Trinajstić information content (AvgIpc) is 3.20. The second-order valence-corrected chi connectivity index (χ2v) is 13.8. The molecule has 0 N–H and O–H groups in total. The highest BCUT2D eigenvalue weighted by atomic mass is 16.5. The van der Waals surface area contributed by atoms with Crippen molar-refractivity contribution in [3.8, 4) is 0 Å². The summed E-state index contributed by atoms with van der Waals surface area (Å²) in [5.74, 6) is 1.10. The fourth-order valence-corrected chi connectivity index (χ4v) is 7.67. The molecule has 2 heteroatoms. The first-order chi connectivity index (χ1) is 20.8. The minimum atomic E-state index is 0.270. The van der Waals surface area contributed by atoms with Gasteiger partial charge in [-0.25, -0.2) is 0 Å². The number of allylic oxidation sites excluding steroid dienone is 9. The van der Waals surface area contributed by atoms with Crippen molar-refractivity contribution in [2.75, 3.05) is 7.11 Å². The van der Waals surface area contributed by atoms with Crippen molar-refractivity contribution in [1.82, 2.24) is 0 Å². The summed E-state index contributed by atoms with van der Waals surface area (Å²) in [6.07, 6.45) is 26.1. The minimum Gasteiger partial charge on any atom is -0.381 e. The van der Waals surface area contributed by atoms with Gasteiger partial charge >= 0.3 is 0 Å². The number of methoxy groups -OCH3 is 1. The molecule has 0 aliphatic heterocycles. The zero-order chi connectivity index (χ0) is 30.8. The topological polar surface area (TPSA) is 21.6 Å². The monoisotopic (exact) mass is 581 g/mol. The third-order valence-electron chi connectivity index (χ3n) is 10.6. The van der Waals surface area contributed by atoms with Gasteiger partial charge in [-0.15, -0.1) is 6.58 Å². The zero-order valence-electron chi connectivity index (χ0n) is 28.3. The summed E-state index contributed by atoms with van der Waals surface area (Å²) in [4.78, 5) is 5.46. The van der Waals surface area contributed by atoms with Crippen molar-refractivity contribution < 1.29 is 4.74 Å². The minimum absolute atomic E-state index is 0.270. The van der Waals surface area contributed by atoms with Crippen LogP contribution >= 0.6 is 0 Å². The first kappa shape index (κ1) is 33.4. The van der Waals surface area contributed by atoms with Gasteiger partial charge in [-0.1, -0.05) is 86.9 Å². The Morgan fingerprint density at radius 3 is 2.40 bits per heavy atom. The third kappa shape index (κ3) is 9.04. The van der Waals surface area contributed by atoms with Crippen LogP contribution in [0.1, 0.15) is 129 Å². The molecule has 3 atom stereocenters. The number of hydrogen-bond acceptors (Lipinski definition) is 2. The Balaban J connectivity index is 1.48. The largest absolute Gasteiger partial charge is 0.381 e. The lowest BCUT2D eigenvalue weighted by atomic mass is 9.80. The molecule has 3 aliphatic rings. The molecule has 0 spiro atoms. The Bertz CT molecular complexity index is 1220. The van der Waals surface area contributed by atoms with E-state index < -0.39 is 0 Å². The molecule has 3 unspecified atom stereocenters. The van der Waals surface area contributed by atoms with Crippen LogP contribution in [0.4, 0.5) is 0 Å². The van der Waals surface area contributed by atoms with Gasteiger partial charge in [0, 0.05) is 18.5 Å². The van der Waals surface area contributed by atoms with Crippen LogP contribution in [0.15, 0.2) is 82.6 Å². The molecule has 2 nitrogen and oxygen atoms in total. The average molecular weight is 582 g/mol. The van der Waals surface area contributed by atoms with E-state index in [9.17, 15) is 0 Å². The number of nitrogens with zero attached hydrogens (tertiary/aromatic N) is 1. The molecule has 43 heavy (non-hydrogen) atoms. The van der Waals surface area contributed by atoms with Crippen LogP contribution in [0, 0.1) is 17.3 Å². The summed E-state index contributed by atoms with van der Waals surface area (Å²) < 4.78 is 6.07. The summed E-state index contributed by atoms with van der Waals surface area (Å²) in [6, 6.07) is 9.45.